The summed E-state index contributed by atoms with van der Waals surface area (Å²) in [6, 6.07) is 0. The normalized spacial score (nSPS) is 26.4. The van der Waals surface area contributed by atoms with Crippen LogP contribution in [0.4, 0.5) is 0 Å². The van der Waals surface area contributed by atoms with E-state index in [1.165, 1.54) is 51.2 Å². The first-order valence-electron chi connectivity index (χ1n) is 8.72. The van der Waals surface area contributed by atoms with E-state index in [0.29, 0.717) is 6.42 Å². The number of hydrogen-bond donors (Lipinski definition) is 2. The Labute approximate surface area is 138 Å². The van der Waals surface area contributed by atoms with E-state index in [-0.39, 0.29) is 6.42 Å². The van der Waals surface area contributed by atoms with E-state index in [1.54, 1.807) is 0 Å². The highest BCUT2D eigenvalue weighted by molar-refractivity contribution is 5.90. The van der Waals surface area contributed by atoms with Gasteiger partial charge in [-0.2, -0.15) is 0 Å². The molecule has 0 spiro atoms. The zero-order valence-electron chi connectivity index (χ0n) is 14.3. The van der Waals surface area contributed by atoms with Crippen LogP contribution in [0, 0.1) is 0 Å². The summed E-state index contributed by atoms with van der Waals surface area (Å²) in [6.07, 6.45) is 9.26. The van der Waals surface area contributed by atoms with Gasteiger partial charge in [-0.05, 0) is 12.5 Å². The molecule has 23 heavy (non-hydrogen) atoms. The molecule has 0 aromatic carbocycles. The molecule has 0 fully saturated rings. The van der Waals surface area contributed by atoms with Crippen LogP contribution in [0.15, 0.2) is 12.2 Å². The number of rotatable bonds is 11. The molecule has 0 bridgehead atoms. The standard InChI is InChI=1S/C18H30O5/c1-3-4-5-6-7-8-9-10-11-15(20)18(22)16(21)12-13-17(18)23-14(2)19/h12-13,16-17,21-22H,3-11H2,1-2H3. The fourth-order valence-corrected chi connectivity index (χ4v) is 2.92. The van der Waals surface area contributed by atoms with E-state index in [9.17, 15) is 19.8 Å². The average molecular weight is 326 g/mol. The molecule has 0 aromatic heterocycles. The Balaban J connectivity index is 2.33. The second-order valence-corrected chi connectivity index (χ2v) is 6.33. The van der Waals surface area contributed by atoms with Crippen LogP contribution < -0.4 is 0 Å². The molecule has 5 heteroatoms. The van der Waals surface area contributed by atoms with Crippen molar-refractivity contribution in [3.05, 3.63) is 12.2 Å². The van der Waals surface area contributed by atoms with Gasteiger partial charge < -0.3 is 14.9 Å². The zero-order valence-corrected chi connectivity index (χ0v) is 14.3. The summed E-state index contributed by atoms with van der Waals surface area (Å²) in [5, 5.41) is 20.4. The molecule has 0 aliphatic heterocycles. The van der Waals surface area contributed by atoms with Crippen molar-refractivity contribution < 1.29 is 24.5 Å². The first-order valence-corrected chi connectivity index (χ1v) is 8.72. The number of carbonyl (C=O) groups is 2. The first-order chi connectivity index (χ1) is 10.9. The van der Waals surface area contributed by atoms with Gasteiger partial charge in [0, 0.05) is 13.3 Å². The van der Waals surface area contributed by atoms with Crippen molar-refractivity contribution in [1.82, 2.24) is 0 Å². The molecule has 2 N–H and O–H groups in total. The molecule has 0 radical (unpaired) electrons. The van der Waals surface area contributed by atoms with Gasteiger partial charge in [0.25, 0.3) is 0 Å². The molecular formula is C18H30O5. The monoisotopic (exact) mass is 326 g/mol. The largest absolute Gasteiger partial charge is 0.455 e. The van der Waals surface area contributed by atoms with Crippen LogP contribution in [0.1, 0.15) is 71.6 Å². The Kier molecular flexibility index (Phi) is 8.48. The van der Waals surface area contributed by atoms with Crippen LogP contribution in [0.25, 0.3) is 0 Å². The van der Waals surface area contributed by atoms with Gasteiger partial charge in [0.05, 0.1) is 0 Å². The molecule has 1 aliphatic carbocycles. The summed E-state index contributed by atoms with van der Waals surface area (Å²) in [5.41, 5.74) is -2.03. The summed E-state index contributed by atoms with van der Waals surface area (Å²) in [4.78, 5) is 23.4. The van der Waals surface area contributed by atoms with Crippen molar-refractivity contribution in [1.29, 1.82) is 0 Å². The van der Waals surface area contributed by atoms with Gasteiger partial charge in [-0.25, -0.2) is 0 Å². The van der Waals surface area contributed by atoms with Crippen LogP contribution in [0.5, 0.6) is 0 Å². The smallest absolute Gasteiger partial charge is 0.303 e. The van der Waals surface area contributed by atoms with Crippen molar-refractivity contribution in [2.24, 2.45) is 0 Å². The number of ether oxygens (including phenoxy) is 1. The van der Waals surface area contributed by atoms with Crippen LogP contribution in [-0.2, 0) is 14.3 Å². The Morgan fingerprint density at radius 2 is 1.61 bits per heavy atom. The van der Waals surface area contributed by atoms with Gasteiger partial charge in [0.2, 0.25) is 0 Å². The van der Waals surface area contributed by atoms with Crippen molar-refractivity contribution in [3.63, 3.8) is 0 Å². The van der Waals surface area contributed by atoms with E-state index in [4.69, 9.17) is 4.74 Å². The lowest BCUT2D eigenvalue weighted by Gasteiger charge is -2.30. The highest BCUT2D eigenvalue weighted by Crippen LogP contribution is 2.30. The molecule has 3 atom stereocenters. The van der Waals surface area contributed by atoms with E-state index in [0.717, 1.165) is 12.8 Å². The van der Waals surface area contributed by atoms with Gasteiger partial charge in [-0.3, -0.25) is 9.59 Å². The Bertz CT molecular complexity index is 418. The molecule has 0 amide bonds. The molecule has 0 saturated carbocycles. The highest BCUT2D eigenvalue weighted by Gasteiger charge is 2.52. The molecule has 0 saturated heterocycles. The first kappa shape index (κ1) is 19.8. The number of aliphatic hydroxyl groups excluding tert-OH is 1. The number of hydrogen-bond acceptors (Lipinski definition) is 5. The Morgan fingerprint density at radius 3 is 2.17 bits per heavy atom. The third-order valence-corrected chi connectivity index (χ3v) is 4.35. The third-order valence-electron chi connectivity index (χ3n) is 4.35. The van der Waals surface area contributed by atoms with Crippen LogP contribution in [-0.4, -0.2) is 39.8 Å². The molecule has 1 rings (SSSR count). The van der Waals surface area contributed by atoms with Gasteiger partial charge in [0.15, 0.2) is 17.5 Å². The molecule has 1 aliphatic rings. The summed E-state index contributed by atoms with van der Waals surface area (Å²) in [7, 11) is 0. The maximum Gasteiger partial charge on any atom is 0.303 e. The number of aliphatic hydroxyl groups is 2. The lowest BCUT2D eigenvalue weighted by atomic mass is 9.88. The van der Waals surface area contributed by atoms with Crippen LogP contribution in [0.2, 0.25) is 0 Å². The van der Waals surface area contributed by atoms with Crippen LogP contribution >= 0.6 is 0 Å². The second-order valence-electron chi connectivity index (χ2n) is 6.33. The lowest BCUT2D eigenvalue weighted by molar-refractivity contribution is -0.172. The average Bonchev–Trinajstić information content (AvgIpc) is 2.78. The lowest BCUT2D eigenvalue weighted by Crippen LogP contribution is -2.55. The molecule has 3 unspecified atom stereocenters. The van der Waals surface area contributed by atoms with Gasteiger partial charge in [-0.15, -0.1) is 0 Å². The number of unbranched alkanes of at least 4 members (excludes halogenated alkanes) is 7. The number of esters is 1. The number of Topliss-reactive ketones (excluding diaryl/α,β-unsaturated/α-hetero) is 1. The Morgan fingerprint density at radius 1 is 1.04 bits per heavy atom. The molecule has 132 valence electrons. The molecule has 0 aromatic rings. The number of ketones is 1. The minimum atomic E-state index is -2.03. The van der Waals surface area contributed by atoms with Crippen molar-refractivity contribution >= 4 is 11.8 Å². The summed E-state index contributed by atoms with van der Waals surface area (Å²) in [5.74, 6) is -1.06. The number of carbonyl (C=O) groups excluding carboxylic acids is 2. The fraction of sp³-hybridized carbons (Fsp3) is 0.778. The molecule has 0 heterocycles. The SMILES string of the molecule is CCCCCCCCCCC(=O)C1(O)C(O)C=CC1OC(C)=O. The maximum atomic E-state index is 12.3. The van der Waals surface area contributed by atoms with E-state index in [2.05, 4.69) is 6.92 Å². The third kappa shape index (κ3) is 5.74. The van der Waals surface area contributed by atoms with Gasteiger partial charge in [0.1, 0.15) is 6.10 Å². The predicted octanol–water partition coefficient (Wildman–Crippen LogP) is 2.68. The van der Waals surface area contributed by atoms with E-state index < -0.39 is 29.6 Å². The van der Waals surface area contributed by atoms with Crippen molar-refractivity contribution in [2.45, 2.75) is 89.4 Å². The highest BCUT2D eigenvalue weighted by atomic mass is 16.6. The van der Waals surface area contributed by atoms with Gasteiger partial charge >= 0.3 is 5.97 Å². The molecular weight excluding hydrogens is 296 g/mol. The minimum absolute atomic E-state index is 0.183. The van der Waals surface area contributed by atoms with Gasteiger partial charge in [-0.1, -0.05) is 57.9 Å². The Hall–Kier alpha value is -1.20. The van der Waals surface area contributed by atoms with E-state index >= 15 is 0 Å². The van der Waals surface area contributed by atoms with Crippen molar-refractivity contribution in [3.8, 4) is 0 Å². The van der Waals surface area contributed by atoms with E-state index in [1.807, 2.05) is 0 Å². The topological polar surface area (TPSA) is 83.8 Å². The summed E-state index contributed by atoms with van der Waals surface area (Å²) < 4.78 is 4.94. The minimum Gasteiger partial charge on any atom is -0.455 e. The maximum absolute atomic E-state index is 12.3. The zero-order chi connectivity index (χ0) is 17.3. The van der Waals surface area contributed by atoms with Crippen LogP contribution in [0.3, 0.4) is 0 Å². The second kappa shape index (κ2) is 9.83. The predicted molar refractivity (Wildman–Crippen MR) is 87.9 cm³/mol. The molecule has 5 nitrogen and oxygen atoms in total. The summed E-state index contributed by atoms with van der Waals surface area (Å²) >= 11 is 0. The fourth-order valence-electron chi connectivity index (χ4n) is 2.92. The summed E-state index contributed by atoms with van der Waals surface area (Å²) in [6.45, 7) is 3.40. The quantitative estimate of drug-likeness (QED) is 0.346. The van der Waals surface area contributed by atoms with Crippen molar-refractivity contribution in [2.75, 3.05) is 0 Å².